The molecule has 148 valence electrons. The lowest BCUT2D eigenvalue weighted by Gasteiger charge is -2.30. The van der Waals surface area contributed by atoms with Crippen LogP contribution >= 0.6 is 7.82 Å². The lowest BCUT2D eigenvalue weighted by atomic mass is 10.1. The van der Waals surface area contributed by atoms with Gasteiger partial charge < -0.3 is 46.1 Å². The summed E-state index contributed by atoms with van der Waals surface area (Å²) in [5.74, 6) is 0. The molecule has 2 aromatic heterocycles. The van der Waals surface area contributed by atoms with E-state index in [1.165, 1.54) is 0 Å². The van der Waals surface area contributed by atoms with Crippen molar-refractivity contribution in [2.24, 2.45) is 0 Å². The Morgan fingerprint density at radius 2 is 1.92 bits per heavy atom. The smallest absolute Gasteiger partial charge is 0.327 e. The predicted octanol–water partition coefficient (Wildman–Crippen LogP) is -3.37. The van der Waals surface area contributed by atoms with E-state index in [2.05, 4.69) is 14.5 Å². The molecule has 3 heterocycles. The van der Waals surface area contributed by atoms with Crippen molar-refractivity contribution >= 4 is 19.0 Å². The van der Waals surface area contributed by atoms with Gasteiger partial charge in [-0.3, -0.25) is 19.3 Å². The second-order valence-corrected chi connectivity index (χ2v) is 6.20. The minimum atomic E-state index is -5.28. The van der Waals surface area contributed by atoms with E-state index in [1.54, 1.807) is 0 Å². The standard InChI is InChI=1S/C10H13N4O9P.2H3N/c15-5-3(1-22-24(19,20)21)23-9(6(5)16)14-2-11-4-7(14)12-10(18)13-8(4)17;;/h2-3,5-6,9,15-16H,1H2,(H2,19,20,21)(H2,12,13,17,18);2*1H3. The summed E-state index contributed by atoms with van der Waals surface area (Å²) in [5, 5.41) is 19.9. The maximum Gasteiger partial charge on any atom is 0.327 e. The van der Waals surface area contributed by atoms with E-state index in [9.17, 15) is 34.2 Å². The minimum absolute atomic E-state index is 0. The summed E-state index contributed by atoms with van der Waals surface area (Å²) in [6.45, 7) is -0.803. The Morgan fingerprint density at radius 3 is 2.54 bits per heavy atom. The fraction of sp³-hybridized carbons (Fsp3) is 0.500. The van der Waals surface area contributed by atoms with Crippen LogP contribution in [0.4, 0.5) is 0 Å². The van der Waals surface area contributed by atoms with Crippen molar-refractivity contribution in [3.05, 3.63) is 27.2 Å². The molecular formula is C10H19N6O9P. The van der Waals surface area contributed by atoms with Gasteiger partial charge in [0.2, 0.25) is 0 Å². The average Bonchev–Trinajstić information content (AvgIpc) is 3.00. The van der Waals surface area contributed by atoms with Crippen LogP contribution in [0.3, 0.4) is 0 Å². The second-order valence-electron chi connectivity index (χ2n) is 5.05. The molecule has 0 saturated carbocycles. The molecule has 4 unspecified atom stereocenters. The molecule has 2 aromatic rings. The van der Waals surface area contributed by atoms with E-state index in [1.807, 2.05) is 4.98 Å². The molecule has 0 radical (unpaired) electrons. The number of quaternary nitrogens is 2. The highest BCUT2D eigenvalue weighted by molar-refractivity contribution is 7.43. The molecule has 0 spiro atoms. The van der Waals surface area contributed by atoms with E-state index >= 15 is 0 Å². The van der Waals surface area contributed by atoms with Gasteiger partial charge in [0.25, 0.3) is 5.56 Å². The van der Waals surface area contributed by atoms with Gasteiger partial charge in [0.05, 0.1) is 20.8 Å². The highest BCUT2D eigenvalue weighted by atomic mass is 31.2. The Bertz CT molecular complexity index is 918. The summed E-state index contributed by atoms with van der Waals surface area (Å²) in [4.78, 5) is 52.0. The summed E-state index contributed by atoms with van der Waals surface area (Å²) >= 11 is 0. The van der Waals surface area contributed by atoms with Gasteiger partial charge in [0.1, 0.15) is 24.0 Å². The van der Waals surface area contributed by atoms with Crippen molar-refractivity contribution in [3.63, 3.8) is 0 Å². The number of rotatable bonds is 4. The molecule has 1 fully saturated rings. The third-order valence-electron chi connectivity index (χ3n) is 3.48. The Morgan fingerprint density at radius 1 is 1.27 bits per heavy atom. The van der Waals surface area contributed by atoms with Gasteiger partial charge in [-0.15, -0.1) is 0 Å². The number of hydrogen-bond donors (Lipinski definition) is 6. The topological polar surface area (TPSA) is 279 Å². The molecule has 3 rings (SSSR count). The number of aliphatic hydroxyl groups is 2. The molecule has 0 aromatic carbocycles. The maximum absolute atomic E-state index is 11.6. The zero-order valence-electron chi connectivity index (χ0n) is 13.7. The molecule has 4 atom stereocenters. The minimum Gasteiger partial charge on any atom is -0.790 e. The molecule has 0 aliphatic carbocycles. The zero-order chi connectivity index (χ0) is 17.6. The van der Waals surface area contributed by atoms with Crippen molar-refractivity contribution < 1.29 is 33.8 Å². The Labute approximate surface area is 144 Å². The lowest BCUT2D eigenvalue weighted by Crippen LogP contribution is -2.34. The summed E-state index contributed by atoms with van der Waals surface area (Å²) in [5.41, 5.74) is -1.79. The largest absolute Gasteiger partial charge is 0.790 e. The van der Waals surface area contributed by atoms with Crippen molar-refractivity contribution in [1.82, 2.24) is 31.8 Å². The number of hydrogen-bond acceptors (Lipinski definition) is 10. The van der Waals surface area contributed by atoms with Crippen molar-refractivity contribution in [1.29, 1.82) is 0 Å². The monoisotopic (exact) mass is 398 g/mol. The van der Waals surface area contributed by atoms with Crippen LogP contribution in [0.5, 0.6) is 0 Å². The fourth-order valence-corrected chi connectivity index (χ4v) is 2.74. The van der Waals surface area contributed by atoms with Crippen LogP contribution in [0.1, 0.15) is 6.23 Å². The molecule has 1 aliphatic rings. The van der Waals surface area contributed by atoms with E-state index in [0.717, 1.165) is 10.9 Å². The number of H-pyrrole nitrogens is 2. The van der Waals surface area contributed by atoms with E-state index in [-0.39, 0.29) is 23.5 Å². The van der Waals surface area contributed by atoms with Crippen LogP contribution in [-0.2, 0) is 13.8 Å². The van der Waals surface area contributed by atoms with Crippen LogP contribution in [0.25, 0.3) is 11.2 Å². The number of phosphoric acid groups is 1. The molecule has 15 nitrogen and oxygen atoms in total. The number of imidazole rings is 1. The maximum atomic E-state index is 11.6. The van der Waals surface area contributed by atoms with E-state index in [0.29, 0.717) is 0 Å². The fourth-order valence-electron chi connectivity index (χ4n) is 2.41. The summed E-state index contributed by atoms with van der Waals surface area (Å²) in [6.07, 6.45) is -4.67. The molecule has 26 heavy (non-hydrogen) atoms. The lowest BCUT2D eigenvalue weighted by molar-refractivity contribution is -0.343. The predicted molar refractivity (Wildman–Crippen MR) is 82.4 cm³/mol. The number of aromatic amines is 2. The SMILES string of the molecule is O=c1[nH]c(=O)c2ncn(C3OC(COP(=O)([O-])[O-])C(O)C3O)c2[nH]1.[NH4+].[NH4+]. The molecule has 0 amide bonds. The zero-order valence-corrected chi connectivity index (χ0v) is 14.6. The quantitative estimate of drug-likeness (QED) is 0.278. The van der Waals surface area contributed by atoms with Gasteiger partial charge in [-0.25, -0.2) is 9.78 Å². The van der Waals surface area contributed by atoms with Crippen LogP contribution in [0.15, 0.2) is 15.9 Å². The highest BCUT2D eigenvalue weighted by Gasteiger charge is 2.44. The first-order chi connectivity index (χ1) is 11.2. The number of nitrogens with one attached hydrogen (secondary N) is 2. The van der Waals surface area contributed by atoms with Gasteiger partial charge >= 0.3 is 5.69 Å². The average molecular weight is 398 g/mol. The second kappa shape index (κ2) is 7.75. The number of aromatic nitrogens is 4. The van der Waals surface area contributed by atoms with Gasteiger partial charge in [-0.2, -0.15) is 0 Å². The van der Waals surface area contributed by atoms with Crippen LogP contribution in [0.2, 0.25) is 0 Å². The summed E-state index contributed by atoms with van der Waals surface area (Å²) < 4.78 is 20.9. The molecule has 1 saturated heterocycles. The number of ether oxygens (including phenoxy) is 1. The van der Waals surface area contributed by atoms with Crippen molar-refractivity contribution in [3.8, 4) is 0 Å². The molecule has 0 bridgehead atoms. The number of phosphoric ester groups is 1. The van der Waals surface area contributed by atoms with E-state index < -0.39 is 50.2 Å². The van der Waals surface area contributed by atoms with Crippen LogP contribution in [-0.4, -0.2) is 54.7 Å². The van der Waals surface area contributed by atoms with Gasteiger partial charge in [-0.05, 0) is 0 Å². The first-order valence-corrected chi connectivity index (χ1v) is 8.01. The third-order valence-corrected chi connectivity index (χ3v) is 3.94. The first kappa shape index (κ1) is 22.1. The van der Waals surface area contributed by atoms with Gasteiger partial charge in [0, 0.05) is 0 Å². The van der Waals surface area contributed by atoms with Crippen LogP contribution < -0.4 is 33.3 Å². The Balaban J connectivity index is 0.00000169. The summed E-state index contributed by atoms with van der Waals surface area (Å²) in [6, 6.07) is 0. The number of fused-ring (bicyclic) bond motifs is 1. The van der Waals surface area contributed by atoms with Gasteiger partial charge in [0.15, 0.2) is 11.7 Å². The first-order valence-electron chi connectivity index (χ1n) is 6.55. The number of aliphatic hydroxyl groups excluding tert-OH is 2. The normalized spacial score (nSPS) is 25.7. The Kier molecular flexibility index (Phi) is 6.59. The van der Waals surface area contributed by atoms with E-state index in [4.69, 9.17) is 4.74 Å². The number of nitrogens with zero attached hydrogens (tertiary/aromatic N) is 2. The van der Waals surface area contributed by atoms with Crippen LogP contribution in [0, 0.1) is 0 Å². The third kappa shape index (κ3) is 4.07. The molecular weight excluding hydrogens is 379 g/mol. The van der Waals surface area contributed by atoms with Crippen molar-refractivity contribution in [2.45, 2.75) is 24.5 Å². The summed E-state index contributed by atoms with van der Waals surface area (Å²) in [7, 11) is -5.28. The van der Waals surface area contributed by atoms with Crippen molar-refractivity contribution in [2.75, 3.05) is 6.61 Å². The Hall–Kier alpha value is -1.94. The van der Waals surface area contributed by atoms with Gasteiger partial charge in [-0.1, -0.05) is 0 Å². The molecule has 12 N–H and O–H groups in total. The molecule has 1 aliphatic heterocycles. The molecule has 16 heteroatoms. The highest BCUT2D eigenvalue weighted by Crippen LogP contribution is 2.33.